The van der Waals surface area contributed by atoms with Crippen molar-refractivity contribution in [1.29, 1.82) is 0 Å². The van der Waals surface area contributed by atoms with E-state index in [0.717, 1.165) is 32.3 Å². The zero-order chi connectivity index (χ0) is 11.8. The number of aliphatic hydroxyl groups excluding tert-OH is 1. The summed E-state index contributed by atoms with van der Waals surface area (Å²) in [6.45, 7) is 3.27. The van der Waals surface area contributed by atoms with Crippen molar-refractivity contribution in [2.75, 3.05) is 13.2 Å². The van der Waals surface area contributed by atoms with Crippen LogP contribution < -0.4 is 0 Å². The predicted molar refractivity (Wildman–Crippen MR) is 60.1 cm³/mol. The van der Waals surface area contributed by atoms with Crippen molar-refractivity contribution in [3.63, 3.8) is 0 Å². The van der Waals surface area contributed by atoms with Gasteiger partial charge in [-0.25, -0.2) is 0 Å². The van der Waals surface area contributed by atoms with Crippen molar-refractivity contribution in [2.45, 2.75) is 57.7 Å². The van der Waals surface area contributed by atoms with Gasteiger partial charge in [0.1, 0.15) is 0 Å². The molecule has 0 amide bonds. The van der Waals surface area contributed by atoms with E-state index in [1.165, 1.54) is 0 Å². The Labute approximate surface area is 96.9 Å². The minimum atomic E-state index is -0.527. The Morgan fingerprint density at radius 3 is 3.06 bits per heavy atom. The highest BCUT2D eigenvalue weighted by molar-refractivity contribution is 5.69. The molecule has 1 heterocycles. The number of carbonyl (C=O) groups excluding carboxylic acids is 1. The molecule has 1 saturated heterocycles. The van der Waals surface area contributed by atoms with Crippen molar-refractivity contribution in [3.8, 4) is 0 Å². The van der Waals surface area contributed by atoms with Gasteiger partial charge in [0.25, 0.3) is 0 Å². The maximum absolute atomic E-state index is 11.3. The molecule has 2 atom stereocenters. The first-order chi connectivity index (χ1) is 7.74. The fraction of sp³-hybridized carbons (Fsp3) is 0.917. The first-order valence-corrected chi connectivity index (χ1v) is 6.19. The lowest BCUT2D eigenvalue weighted by molar-refractivity contribution is -0.144. The highest BCUT2D eigenvalue weighted by Gasteiger charge is 2.24. The van der Waals surface area contributed by atoms with Gasteiger partial charge in [0.15, 0.2) is 0 Å². The second-order valence-electron chi connectivity index (χ2n) is 4.23. The topological polar surface area (TPSA) is 55.8 Å². The van der Waals surface area contributed by atoms with Crippen LogP contribution in [0.1, 0.15) is 45.4 Å². The zero-order valence-electron chi connectivity index (χ0n) is 9.98. The molecule has 0 aromatic heterocycles. The van der Waals surface area contributed by atoms with Crippen molar-refractivity contribution in [3.05, 3.63) is 0 Å². The van der Waals surface area contributed by atoms with Gasteiger partial charge >= 0.3 is 5.97 Å². The summed E-state index contributed by atoms with van der Waals surface area (Å²) in [5.74, 6) is -0.217. The third-order valence-corrected chi connectivity index (χ3v) is 2.80. The van der Waals surface area contributed by atoms with Gasteiger partial charge in [0, 0.05) is 13.0 Å². The Morgan fingerprint density at radius 1 is 1.62 bits per heavy atom. The van der Waals surface area contributed by atoms with E-state index in [-0.39, 0.29) is 18.5 Å². The van der Waals surface area contributed by atoms with Crippen LogP contribution in [0.3, 0.4) is 0 Å². The van der Waals surface area contributed by atoms with Gasteiger partial charge in [0.2, 0.25) is 0 Å². The molecular formula is C12H22O4. The van der Waals surface area contributed by atoms with Gasteiger partial charge in [-0.1, -0.05) is 13.3 Å². The maximum Gasteiger partial charge on any atom is 0.305 e. The van der Waals surface area contributed by atoms with Gasteiger partial charge < -0.3 is 14.6 Å². The third kappa shape index (κ3) is 4.94. The molecular weight excluding hydrogens is 208 g/mol. The molecule has 94 valence electrons. The molecule has 1 fully saturated rings. The summed E-state index contributed by atoms with van der Waals surface area (Å²) in [5.41, 5.74) is 0. The molecule has 0 aliphatic carbocycles. The number of ether oxygens (including phenoxy) is 2. The summed E-state index contributed by atoms with van der Waals surface area (Å²) in [7, 11) is 0. The molecule has 1 aliphatic rings. The lowest BCUT2D eigenvalue weighted by atomic mass is 10.1. The van der Waals surface area contributed by atoms with Crippen LogP contribution in [0.4, 0.5) is 0 Å². The van der Waals surface area contributed by atoms with Crippen LogP contribution in [-0.4, -0.2) is 36.5 Å². The van der Waals surface area contributed by atoms with E-state index in [1.807, 2.05) is 0 Å². The maximum atomic E-state index is 11.3. The van der Waals surface area contributed by atoms with E-state index < -0.39 is 6.10 Å². The van der Waals surface area contributed by atoms with Crippen molar-refractivity contribution >= 4 is 5.97 Å². The Morgan fingerprint density at radius 2 is 2.44 bits per heavy atom. The summed E-state index contributed by atoms with van der Waals surface area (Å²) in [5, 5.41) is 9.74. The Balaban J connectivity index is 2.06. The van der Waals surface area contributed by atoms with Gasteiger partial charge in [-0.15, -0.1) is 0 Å². The van der Waals surface area contributed by atoms with Crippen LogP contribution in [0, 0.1) is 0 Å². The number of hydrogen-bond acceptors (Lipinski definition) is 4. The zero-order valence-corrected chi connectivity index (χ0v) is 9.98. The SMILES string of the molecule is CCCCOC(=O)CCC(O)C1CCCO1. The molecule has 0 aromatic rings. The van der Waals surface area contributed by atoms with Crippen molar-refractivity contribution < 1.29 is 19.4 Å². The molecule has 0 aromatic carbocycles. The monoisotopic (exact) mass is 230 g/mol. The minimum absolute atomic E-state index is 0.0801. The lowest BCUT2D eigenvalue weighted by Crippen LogP contribution is -2.26. The minimum Gasteiger partial charge on any atom is -0.466 e. The number of carbonyl (C=O) groups is 1. The third-order valence-electron chi connectivity index (χ3n) is 2.80. The largest absolute Gasteiger partial charge is 0.466 e. The molecule has 1 aliphatic heterocycles. The lowest BCUT2D eigenvalue weighted by Gasteiger charge is -2.16. The first kappa shape index (κ1) is 13.5. The van der Waals surface area contributed by atoms with Gasteiger partial charge in [0.05, 0.1) is 18.8 Å². The van der Waals surface area contributed by atoms with E-state index in [0.29, 0.717) is 13.0 Å². The summed E-state index contributed by atoms with van der Waals surface area (Å²) in [6, 6.07) is 0. The average molecular weight is 230 g/mol. The molecule has 1 N–H and O–H groups in total. The van der Waals surface area contributed by atoms with Gasteiger partial charge in [-0.05, 0) is 25.7 Å². The van der Waals surface area contributed by atoms with E-state index in [9.17, 15) is 9.90 Å². The normalized spacial score (nSPS) is 22.0. The molecule has 2 unspecified atom stereocenters. The highest BCUT2D eigenvalue weighted by atomic mass is 16.5. The summed E-state index contributed by atoms with van der Waals surface area (Å²) in [4.78, 5) is 11.3. The number of rotatable bonds is 7. The van der Waals surface area contributed by atoms with Crippen molar-refractivity contribution in [2.24, 2.45) is 0 Å². The predicted octanol–water partition coefficient (Wildman–Crippen LogP) is 1.65. The Kier molecular flexibility index (Phi) is 6.42. The summed E-state index contributed by atoms with van der Waals surface area (Å²) in [6.07, 6.45) is 3.94. The fourth-order valence-corrected chi connectivity index (χ4v) is 1.76. The van der Waals surface area contributed by atoms with Crippen LogP contribution >= 0.6 is 0 Å². The average Bonchev–Trinajstić information content (AvgIpc) is 2.79. The molecule has 0 saturated carbocycles. The summed E-state index contributed by atoms with van der Waals surface area (Å²) >= 11 is 0. The van der Waals surface area contributed by atoms with Crippen LogP contribution in [0.15, 0.2) is 0 Å². The molecule has 16 heavy (non-hydrogen) atoms. The number of hydrogen-bond donors (Lipinski definition) is 1. The molecule has 0 spiro atoms. The first-order valence-electron chi connectivity index (χ1n) is 6.19. The van der Waals surface area contributed by atoms with Crippen LogP contribution in [0.2, 0.25) is 0 Å². The van der Waals surface area contributed by atoms with Gasteiger partial charge in [-0.3, -0.25) is 4.79 Å². The van der Waals surface area contributed by atoms with E-state index in [4.69, 9.17) is 9.47 Å². The quantitative estimate of drug-likeness (QED) is 0.533. The molecule has 0 radical (unpaired) electrons. The number of esters is 1. The van der Waals surface area contributed by atoms with Gasteiger partial charge in [-0.2, -0.15) is 0 Å². The highest BCUT2D eigenvalue weighted by Crippen LogP contribution is 2.18. The van der Waals surface area contributed by atoms with Crippen LogP contribution in [0.25, 0.3) is 0 Å². The molecule has 4 nitrogen and oxygen atoms in total. The second kappa shape index (κ2) is 7.63. The molecule has 4 heteroatoms. The Hall–Kier alpha value is -0.610. The molecule has 1 rings (SSSR count). The number of unbranched alkanes of at least 4 members (excludes halogenated alkanes) is 1. The second-order valence-corrected chi connectivity index (χ2v) is 4.23. The fourth-order valence-electron chi connectivity index (χ4n) is 1.76. The van der Waals surface area contributed by atoms with Crippen molar-refractivity contribution in [1.82, 2.24) is 0 Å². The molecule has 0 bridgehead atoms. The van der Waals surface area contributed by atoms with E-state index in [2.05, 4.69) is 6.92 Å². The van der Waals surface area contributed by atoms with E-state index >= 15 is 0 Å². The number of aliphatic hydroxyl groups is 1. The summed E-state index contributed by atoms with van der Waals surface area (Å²) < 4.78 is 10.3. The smallest absolute Gasteiger partial charge is 0.305 e. The van der Waals surface area contributed by atoms with E-state index in [1.54, 1.807) is 0 Å². The van der Waals surface area contributed by atoms with Crippen LogP contribution in [-0.2, 0) is 14.3 Å². The standard InChI is InChI=1S/C12H22O4/c1-2-3-8-16-12(14)7-6-10(13)11-5-4-9-15-11/h10-11,13H,2-9H2,1H3. The van der Waals surface area contributed by atoms with Crippen LogP contribution in [0.5, 0.6) is 0 Å². The Bertz CT molecular complexity index is 199.